The SMILES string of the molecule is C[NH+]1CCN(c2nc(-c3ccc(Cl)cc3Cl)nc3ccccc23)CC1. The summed E-state index contributed by atoms with van der Waals surface area (Å²) in [6, 6.07) is 13.6. The maximum absolute atomic E-state index is 6.39. The van der Waals surface area contributed by atoms with Crippen molar-refractivity contribution in [2.24, 2.45) is 0 Å². The molecule has 2 aromatic carbocycles. The number of piperazine rings is 1. The van der Waals surface area contributed by atoms with Gasteiger partial charge in [0.1, 0.15) is 5.82 Å². The molecule has 0 unspecified atom stereocenters. The molecule has 1 aliphatic rings. The molecule has 0 bridgehead atoms. The van der Waals surface area contributed by atoms with Crippen LogP contribution in [0.3, 0.4) is 0 Å². The predicted molar refractivity (Wildman–Crippen MR) is 104 cm³/mol. The lowest BCUT2D eigenvalue weighted by Crippen LogP contribution is -3.12. The summed E-state index contributed by atoms with van der Waals surface area (Å²) >= 11 is 12.4. The van der Waals surface area contributed by atoms with E-state index in [-0.39, 0.29) is 0 Å². The van der Waals surface area contributed by atoms with Gasteiger partial charge in [0.15, 0.2) is 5.82 Å². The second-order valence-electron chi connectivity index (χ2n) is 6.46. The van der Waals surface area contributed by atoms with Crippen molar-refractivity contribution in [2.75, 3.05) is 38.1 Å². The second-order valence-corrected chi connectivity index (χ2v) is 7.30. The molecule has 1 aliphatic heterocycles. The van der Waals surface area contributed by atoms with Crippen molar-refractivity contribution in [1.82, 2.24) is 9.97 Å². The van der Waals surface area contributed by atoms with Gasteiger partial charge in [-0.25, -0.2) is 9.97 Å². The minimum Gasteiger partial charge on any atom is -0.345 e. The average Bonchev–Trinajstić information content (AvgIpc) is 2.61. The molecule has 1 N–H and O–H groups in total. The average molecular weight is 374 g/mol. The highest BCUT2D eigenvalue weighted by atomic mass is 35.5. The molecule has 4 nitrogen and oxygen atoms in total. The van der Waals surface area contributed by atoms with Crippen LogP contribution in [-0.4, -0.2) is 43.2 Å². The Morgan fingerprint density at radius 2 is 1.76 bits per heavy atom. The first-order chi connectivity index (χ1) is 12.1. The summed E-state index contributed by atoms with van der Waals surface area (Å²) in [6.07, 6.45) is 0. The molecule has 0 radical (unpaired) electrons. The first kappa shape index (κ1) is 16.6. The van der Waals surface area contributed by atoms with Gasteiger partial charge in [0, 0.05) is 16.0 Å². The van der Waals surface area contributed by atoms with Crippen LogP contribution in [0.5, 0.6) is 0 Å². The highest BCUT2D eigenvalue weighted by Crippen LogP contribution is 2.32. The first-order valence-corrected chi connectivity index (χ1v) is 9.16. The minimum atomic E-state index is 0.566. The molecule has 1 saturated heterocycles. The van der Waals surface area contributed by atoms with E-state index >= 15 is 0 Å². The number of quaternary nitrogens is 1. The zero-order valence-corrected chi connectivity index (χ0v) is 15.5. The van der Waals surface area contributed by atoms with Crippen molar-refractivity contribution in [3.8, 4) is 11.4 Å². The third kappa shape index (κ3) is 3.30. The van der Waals surface area contributed by atoms with E-state index in [9.17, 15) is 0 Å². The van der Waals surface area contributed by atoms with Crippen LogP contribution < -0.4 is 9.80 Å². The lowest BCUT2D eigenvalue weighted by atomic mass is 10.1. The predicted octanol–water partition coefficient (Wildman–Crippen LogP) is 2.94. The number of nitrogens with zero attached hydrogens (tertiary/aromatic N) is 3. The Kier molecular flexibility index (Phi) is 4.50. The third-order valence-electron chi connectivity index (χ3n) is 4.67. The Balaban J connectivity index is 1.86. The molecule has 0 atom stereocenters. The number of aromatic nitrogens is 2. The fourth-order valence-electron chi connectivity index (χ4n) is 3.19. The van der Waals surface area contributed by atoms with Crippen molar-refractivity contribution < 1.29 is 4.90 Å². The Morgan fingerprint density at radius 3 is 2.52 bits per heavy atom. The van der Waals surface area contributed by atoms with Crippen molar-refractivity contribution in [3.05, 3.63) is 52.5 Å². The standard InChI is InChI=1S/C19H18Cl2N4/c1-24-8-10-25(11-9-24)19-15-4-2-3-5-17(15)22-18(23-19)14-7-6-13(20)12-16(14)21/h2-7,12H,8-11H2,1H3/p+1. The molecule has 0 saturated carbocycles. The Bertz CT molecular complexity index is 920. The number of benzene rings is 2. The first-order valence-electron chi connectivity index (χ1n) is 8.40. The van der Waals surface area contributed by atoms with Crippen molar-refractivity contribution in [1.29, 1.82) is 0 Å². The summed E-state index contributed by atoms with van der Waals surface area (Å²) in [7, 11) is 2.23. The van der Waals surface area contributed by atoms with E-state index in [1.807, 2.05) is 30.3 Å². The molecule has 128 valence electrons. The van der Waals surface area contributed by atoms with Crippen LogP contribution in [0.4, 0.5) is 5.82 Å². The van der Waals surface area contributed by atoms with E-state index < -0.39 is 0 Å². The Hall–Kier alpha value is -1.88. The number of hydrogen-bond acceptors (Lipinski definition) is 3. The molecular formula is C19H19Cl2N4+. The molecule has 1 fully saturated rings. The van der Waals surface area contributed by atoms with Gasteiger partial charge in [-0.15, -0.1) is 0 Å². The number of anilines is 1. The van der Waals surface area contributed by atoms with Gasteiger partial charge in [-0.05, 0) is 30.3 Å². The van der Waals surface area contributed by atoms with E-state index in [1.165, 1.54) is 0 Å². The van der Waals surface area contributed by atoms with Gasteiger partial charge in [0.25, 0.3) is 0 Å². The van der Waals surface area contributed by atoms with Gasteiger partial charge in [0.2, 0.25) is 0 Å². The maximum Gasteiger partial charge on any atom is 0.163 e. The van der Waals surface area contributed by atoms with Crippen molar-refractivity contribution in [2.45, 2.75) is 0 Å². The van der Waals surface area contributed by atoms with Crippen LogP contribution >= 0.6 is 23.2 Å². The van der Waals surface area contributed by atoms with Gasteiger partial charge >= 0.3 is 0 Å². The molecule has 0 spiro atoms. The van der Waals surface area contributed by atoms with Crippen LogP contribution in [0.2, 0.25) is 10.0 Å². The molecular weight excluding hydrogens is 355 g/mol. The van der Waals surface area contributed by atoms with Gasteiger partial charge in [-0.3, -0.25) is 0 Å². The summed E-state index contributed by atoms with van der Waals surface area (Å²) in [6.45, 7) is 4.19. The topological polar surface area (TPSA) is 33.5 Å². The lowest BCUT2D eigenvalue weighted by molar-refractivity contribution is -0.880. The number of rotatable bonds is 2. The Morgan fingerprint density at radius 1 is 1.00 bits per heavy atom. The smallest absolute Gasteiger partial charge is 0.163 e. The number of likely N-dealkylation sites (N-methyl/N-ethyl adjacent to an activating group) is 1. The quantitative estimate of drug-likeness (QED) is 0.749. The van der Waals surface area contributed by atoms with Crippen LogP contribution in [-0.2, 0) is 0 Å². The molecule has 1 aromatic heterocycles. The summed E-state index contributed by atoms with van der Waals surface area (Å²) < 4.78 is 0. The van der Waals surface area contributed by atoms with E-state index in [0.717, 1.165) is 48.5 Å². The fraction of sp³-hybridized carbons (Fsp3) is 0.263. The number of nitrogens with one attached hydrogen (secondary N) is 1. The van der Waals surface area contributed by atoms with Gasteiger partial charge < -0.3 is 9.80 Å². The van der Waals surface area contributed by atoms with E-state index in [2.05, 4.69) is 18.0 Å². The number of para-hydroxylation sites is 1. The molecule has 0 aliphatic carbocycles. The van der Waals surface area contributed by atoms with Crippen molar-refractivity contribution >= 4 is 39.9 Å². The zero-order chi connectivity index (χ0) is 17.4. The lowest BCUT2D eigenvalue weighted by Gasteiger charge is -2.31. The summed E-state index contributed by atoms with van der Waals surface area (Å²) in [4.78, 5) is 13.5. The van der Waals surface area contributed by atoms with Crippen LogP contribution in [0.25, 0.3) is 22.3 Å². The van der Waals surface area contributed by atoms with Gasteiger partial charge in [-0.1, -0.05) is 35.3 Å². The summed E-state index contributed by atoms with van der Waals surface area (Å²) in [5.41, 5.74) is 1.73. The van der Waals surface area contributed by atoms with Crippen LogP contribution in [0, 0.1) is 0 Å². The Labute approximate surface area is 157 Å². The number of fused-ring (bicyclic) bond motifs is 1. The molecule has 3 aromatic rings. The van der Waals surface area contributed by atoms with Crippen LogP contribution in [0.1, 0.15) is 0 Å². The highest BCUT2D eigenvalue weighted by molar-refractivity contribution is 6.36. The normalized spacial score (nSPS) is 15.7. The summed E-state index contributed by atoms with van der Waals surface area (Å²) in [5, 5.41) is 2.25. The zero-order valence-electron chi connectivity index (χ0n) is 14.0. The van der Waals surface area contributed by atoms with Crippen LogP contribution in [0.15, 0.2) is 42.5 Å². The van der Waals surface area contributed by atoms with Gasteiger partial charge in [0.05, 0.1) is 43.8 Å². The number of hydrogen-bond donors (Lipinski definition) is 1. The molecule has 2 heterocycles. The highest BCUT2D eigenvalue weighted by Gasteiger charge is 2.21. The minimum absolute atomic E-state index is 0.566. The molecule has 6 heteroatoms. The number of halogens is 2. The molecule has 4 rings (SSSR count). The van der Waals surface area contributed by atoms with E-state index in [0.29, 0.717) is 15.9 Å². The molecule has 0 amide bonds. The summed E-state index contributed by atoms with van der Waals surface area (Å²) in [5.74, 6) is 1.63. The monoisotopic (exact) mass is 373 g/mol. The molecule has 25 heavy (non-hydrogen) atoms. The largest absolute Gasteiger partial charge is 0.345 e. The fourth-order valence-corrected chi connectivity index (χ4v) is 3.69. The maximum atomic E-state index is 6.39. The van der Waals surface area contributed by atoms with E-state index in [4.69, 9.17) is 33.2 Å². The van der Waals surface area contributed by atoms with Crippen molar-refractivity contribution in [3.63, 3.8) is 0 Å². The van der Waals surface area contributed by atoms with E-state index in [1.54, 1.807) is 11.0 Å². The second kappa shape index (κ2) is 6.79. The van der Waals surface area contributed by atoms with Gasteiger partial charge in [-0.2, -0.15) is 0 Å². The third-order valence-corrected chi connectivity index (χ3v) is 5.22.